The summed E-state index contributed by atoms with van der Waals surface area (Å²) in [5, 5.41) is 0. The van der Waals surface area contributed by atoms with Crippen molar-refractivity contribution in [2.75, 3.05) is 19.6 Å². The molecule has 0 spiro atoms. The van der Waals surface area contributed by atoms with Crippen LogP contribution in [0.2, 0.25) is 0 Å². The van der Waals surface area contributed by atoms with Crippen LogP contribution in [-0.2, 0) is 4.79 Å². The first-order valence-electron chi connectivity index (χ1n) is 12.3. The third kappa shape index (κ3) is 4.17. The van der Waals surface area contributed by atoms with E-state index in [1.54, 1.807) is 24.5 Å². The number of likely N-dealkylation sites (tertiary alicyclic amines) is 2. The van der Waals surface area contributed by atoms with E-state index in [4.69, 9.17) is 0 Å². The Labute approximate surface area is 190 Å². The molecule has 2 aromatic rings. The minimum Gasteiger partial charge on any atom is -0.339 e. The molecule has 168 valence electrons. The van der Waals surface area contributed by atoms with Gasteiger partial charge in [0.15, 0.2) is 0 Å². The van der Waals surface area contributed by atoms with Gasteiger partial charge in [0.1, 0.15) is 0 Å². The standard InChI is InChI=1S/C27H33N3O2/c31-26(22-12-15-28-16-13-22)29-18-14-24-23(19-29)11-6-17-30(24)27(32)25(21-9-4-5-10-21)20-7-2-1-3-8-20/h1-3,7-8,12-13,15-16,21,23-25H,4-6,9-11,14,17-19H2/t23-,24-,25?/m1/s1. The summed E-state index contributed by atoms with van der Waals surface area (Å²) in [6.07, 6.45) is 11.1. The molecule has 1 aromatic heterocycles. The van der Waals surface area contributed by atoms with E-state index in [2.05, 4.69) is 34.1 Å². The molecule has 2 amide bonds. The van der Waals surface area contributed by atoms with Gasteiger partial charge in [0.05, 0.1) is 5.92 Å². The van der Waals surface area contributed by atoms with Gasteiger partial charge in [-0.1, -0.05) is 43.2 Å². The van der Waals surface area contributed by atoms with E-state index in [-0.39, 0.29) is 17.9 Å². The Balaban J connectivity index is 1.33. The van der Waals surface area contributed by atoms with Gasteiger partial charge in [0.25, 0.3) is 5.91 Å². The molecule has 3 fully saturated rings. The molecule has 5 heteroatoms. The molecule has 32 heavy (non-hydrogen) atoms. The van der Waals surface area contributed by atoms with Gasteiger partial charge in [0, 0.05) is 43.6 Å². The van der Waals surface area contributed by atoms with Crippen LogP contribution in [-0.4, -0.2) is 52.3 Å². The maximum absolute atomic E-state index is 14.0. The minimum atomic E-state index is -0.0195. The third-order valence-electron chi connectivity index (χ3n) is 7.86. The normalized spacial score (nSPS) is 24.8. The Bertz CT molecular complexity index is 926. The average molecular weight is 432 g/mol. The number of hydrogen-bond acceptors (Lipinski definition) is 3. The van der Waals surface area contributed by atoms with Crippen LogP contribution in [0.15, 0.2) is 54.9 Å². The van der Waals surface area contributed by atoms with Crippen LogP contribution in [0.4, 0.5) is 0 Å². The molecular formula is C27H33N3O2. The molecule has 3 aliphatic rings. The van der Waals surface area contributed by atoms with Crippen molar-refractivity contribution >= 4 is 11.8 Å². The second kappa shape index (κ2) is 9.43. The predicted molar refractivity (Wildman–Crippen MR) is 124 cm³/mol. The van der Waals surface area contributed by atoms with Crippen molar-refractivity contribution < 1.29 is 9.59 Å². The lowest BCUT2D eigenvalue weighted by Crippen LogP contribution is -2.57. The van der Waals surface area contributed by atoms with E-state index in [1.165, 1.54) is 18.4 Å². The van der Waals surface area contributed by atoms with Crippen LogP contribution in [0.5, 0.6) is 0 Å². The summed E-state index contributed by atoms with van der Waals surface area (Å²) in [5.74, 6) is 1.22. The summed E-state index contributed by atoms with van der Waals surface area (Å²) in [5.41, 5.74) is 1.88. The number of carbonyl (C=O) groups excluding carboxylic acids is 2. The number of piperidine rings is 2. The molecule has 0 N–H and O–H groups in total. The van der Waals surface area contributed by atoms with Crippen LogP contribution in [0.25, 0.3) is 0 Å². The van der Waals surface area contributed by atoms with Crippen LogP contribution < -0.4 is 0 Å². The molecule has 5 rings (SSSR count). The van der Waals surface area contributed by atoms with Gasteiger partial charge < -0.3 is 9.80 Å². The predicted octanol–water partition coefficient (Wildman–Crippen LogP) is 4.51. The lowest BCUT2D eigenvalue weighted by Gasteiger charge is -2.48. The Morgan fingerprint density at radius 1 is 0.875 bits per heavy atom. The van der Waals surface area contributed by atoms with Crippen molar-refractivity contribution in [3.8, 4) is 0 Å². The van der Waals surface area contributed by atoms with Gasteiger partial charge in [-0.2, -0.15) is 0 Å². The highest BCUT2D eigenvalue weighted by molar-refractivity contribution is 5.94. The maximum atomic E-state index is 14.0. The number of hydrogen-bond donors (Lipinski definition) is 0. The number of fused-ring (bicyclic) bond motifs is 1. The smallest absolute Gasteiger partial charge is 0.253 e. The van der Waals surface area contributed by atoms with Crippen LogP contribution >= 0.6 is 0 Å². The number of rotatable bonds is 4. The minimum absolute atomic E-state index is 0.0195. The number of aromatic nitrogens is 1. The molecule has 1 saturated carbocycles. The van der Waals surface area contributed by atoms with Gasteiger partial charge in [-0.15, -0.1) is 0 Å². The fourth-order valence-electron chi connectivity index (χ4n) is 6.28. The quantitative estimate of drug-likeness (QED) is 0.716. The lowest BCUT2D eigenvalue weighted by molar-refractivity contribution is -0.141. The van der Waals surface area contributed by atoms with E-state index in [0.717, 1.165) is 45.2 Å². The number of pyridine rings is 1. The molecule has 0 bridgehead atoms. The summed E-state index contributed by atoms with van der Waals surface area (Å²) >= 11 is 0. The lowest BCUT2D eigenvalue weighted by atomic mass is 9.79. The summed E-state index contributed by atoms with van der Waals surface area (Å²) in [6.45, 7) is 2.31. The Morgan fingerprint density at radius 3 is 2.38 bits per heavy atom. The fourth-order valence-corrected chi connectivity index (χ4v) is 6.28. The number of nitrogens with zero attached hydrogens (tertiary/aromatic N) is 3. The topological polar surface area (TPSA) is 53.5 Å². The SMILES string of the molecule is O=C(c1ccncc1)N1CC[C@@H]2[C@H](CCCN2C(=O)C(c2ccccc2)C2CCCC2)C1. The molecule has 2 saturated heterocycles. The first kappa shape index (κ1) is 21.2. The first-order valence-corrected chi connectivity index (χ1v) is 12.3. The average Bonchev–Trinajstić information content (AvgIpc) is 3.38. The van der Waals surface area contributed by atoms with E-state index in [1.807, 2.05) is 11.0 Å². The number of benzene rings is 1. The fraction of sp³-hybridized carbons (Fsp3) is 0.519. The second-order valence-corrected chi connectivity index (χ2v) is 9.71. The Morgan fingerprint density at radius 2 is 1.62 bits per heavy atom. The van der Waals surface area contributed by atoms with Gasteiger partial charge in [0.2, 0.25) is 5.91 Å². The zero-order valence-corrected chi connectivity index (χ0v) is 18.7. The molecule has 0 radical (unpaired) electrons. The van der Waals surface area contributed by atoms with Gasteiger partial charge in [-0.3, -0.25) is 14.6 Å². The highest BCUT2D eigenvalue weighted by atomic mass is 16.2. The van der Waals surface area contributed by atoms with E-state index < -0.39 is 0 Å². The van der Waals surface area contributed by atoms with E-state index in [0.29, 0.717) is 29.9 Å². The molecule has 1 aliphatic carbocycles. The molecular weight excluding hydrogens is 398 g/mol. The first-order chi connectivity index (χ1) is 15.7. The Hall–Kier alpha value is -2.69. The Kier molecular flexibility index (Phi) is 6.24. The molecule has 1 aromatic carbocycles. The molecule has 3 atom stereocenters. The van der Waals surface area contributed by atoms with E-state index in [9.17, 15) is 9.59 Å². The van der Waals surface area contributed by atoms with Crippen molar-refractivity contribution in [1.29, 1.82) is 0 Å². The van der Waals surface area contributed by atoms with Crippen molar-refractivity contribution in [2.24, 2.45) is 11.8 Å². The summed E-state index contributed by atoms with van der Waals surface area (Å²) in [4.78, 5) is 35.2. The van der Waals surface area contributed by atoms with Gasteiger partial charge >= 0.3 is 0 Å². The molecule has 1 unspecified atom stereocenters. The third-order valence-corrected chi connectivity index (χ3v) is 7.86. The highest BCUT2D eigenvalue weighted by Gasteiger charge is 2.43. The number of amides is 2. The van der Waals surface area contributed by atoms with Crippen LogP contribution in [0, 0.1) is 11.8 Å². The van der Waals surface area contributed by atoms with Crippen LogP contribution in [0.1, 0.15) is 66.8 Å². The summed E-state index contributed by atoms with van der Waals surface area (Å²) in [7, 11) is 0. The van der Waals surface area contributed by atoms with Crippen molar-refractivity contribution in [3.63, 3.8) is 0 Å². The second-order valence-electron chi connectivity index (χ2n) is 9.71. The highest BCUT2D eigenvalue weighted by Crippen LogP contribution is 2.41. The molecule has 5 nitrogen and oxygen atoms in total. The molecule has 3 heterocycles. The summed E-state index contributed by atoms with van der Waals surface area (Å²) in [6, 6.07) is 14.3. The zero-order chi connectivity index (χ0) is 21.9. The zero-order valence-electron chi connectivity index (χ0n) is 18.7. The van der Waals surface area contributed by atoms with Crippen molar-refractivity contribution in [1.82, 2.24) is 14.8 Å². The number of carbonyl (C=O) groups is 2. The van der Waals surface area contributed by atoms with E-state index >= 15 is 0 Å². The monoisotopic (exact) mass is 431 g/mol. The van der Waals surface area contributed by atoms with Crippen LogP contribution in [0.3, 0.4) is 0 Å². The van der Waals surface area contributed by atoms with Crippen molar-refractivity contribution in [2.45, 2.75) is 56.9 Å². The largest absolute Gasteiger partial charge is 0.339 e. The van der Waals surface area contributed by atoms with Gasteiger partial charge in [-0.25, -0.2) is 0 Å². The van der Waals surface area contributed by atoms with Gasteiger partial charge in [-0.05, 0) is 61.6 Å². The van der Waals surface area contributed by atoms with Crippen molar-refractivity contribution in [3.05, 3.63) is 66.0 Å². The summed E-state index contributed by atoms with van der Waals surface area (Å²) < 4.78 is 0. The molecule has 2 aliphatic heterocycles. The maximum Gasteiger partial charge on any atom is 0.253 e.